The topological polar surface area (TPSA) is 85.8 Å². The molecule has 1 aliphatic rings. The Kier molecular flexibility index (Phi) is 5.44. The molecule has 1 aromatic carbocycles. The van der Waals surface area contributed by atoms with Crippen LogP contribution in [0.1, 0.15) is 35.9 Å². The van der Waals surface area contributed by atoms with E-state index in [0.717, 1.165) is 34.8 Å². The highest BCUT2D eigenvalue weighted by molar-refractivity contribution is 9.10. The maximum absolute atomic E-state index is 12.3. The molecular weight excluding hydrogens is 388 g/mol. The number of rotatable bonds is 5. The molecule has 0 unspecified atom stereocenters. The molecule has 1 fully saturated rings. The van der Waals surface area contributed by atoms with Crippen molar-refractivity contribution in [3.63, 3.8) is 0 Å². The van der Waals surface area contributed by atoms with E-state index < -0.39 is 5.97 Å². The molecule has 7 heteroatoms. The molecule has 2 heterocycles. The van der Waals surface area contributed by atoms with Crippen molar-refractivity contribution in [2.24, 2.45) is 11.7 Å². The third-order valence-corrected chi connectivity index (χ3v) is 5.00. The molecule has 0 aliphatic carbocycles. The fourth-order valence-corrected chi connectivity index (χ4v) is 3.66. The molecule has 2 N–H and O–H groups in total. The summed E-state index contributed by atoms with van der Waals surface area (Å²) in [7, 11) is 0. The first-order valence-electron chi connectivity index (χ1n) is 8.39. The fraction of sp³-hybridized carbons (Fsp3) is 0.444. The summed E-state index contributed by atoms with van der Waals surface area (Å²) in [6, 6.07) is 5.63. The Morgan fingerprint density at radius 3 is 2.96 bits per heavy atom. The van der Waals surface area contributed by atoms with Crippen LogP contribution in [0.4, 0.5) is 0 Å². The zero-order valence-electron chi connectivity index (χ0n) is 14.1. The van der Waals surface area contributed by atoms with Gasteiger partial charge in [-0.3, -0.25) is 9.69 Å². The minimum absolute atomic E-state index is 0.148. The van der Waals surface area contributed by atoms with E-state index in [1.165, 1.54) is 0 Å². The highest BCUT2D eigenvalue weighted by atomic mass is 79.9. The number of halogens is 1. The molecule has 0 radical (unpaired) electrons. The van der Waals surface area contributed by atoms with Crippen LogP contribution in [0, 0.1) is 5.92 Å². The quantitative estimate of drug-likeness (QED) is 0.768. The van der Waals surface area contributed by atoms with Crippen molar-refractivity contribution >= 4 is 38.8 Å². The van der Waals surface area contributed by atoms with Crippen molar-refractivity contribution in [2.45, 2.75) is 26.3 Å². The fourth-order valence-electron chi connectivity index (χ4n) is 3.29. The number of carbonyl (C=O) groups excluding carboxylic acids is 2. The molecule has 25 heavy (non-hydrogen) atoms. The van der Waals surface area contributed by atoms with Crippen molar-refractivity contribution in [1.82, 2.24) is 4.90 Å². The maximum Gasteiger partial charge on any atom is 0.374 e. The van der Waals surface area contributed by atoms with E-state index in [1.807, 2.05) is 18.2 Å². The van der Waals surface area contributed by atoms with Gasteiger partial charge in [0, 0.05) is 28.5 Å². The number of amides is 1. The third kappa shape index (κ3) is 3.88. The summed E-state index contributed by atoms with van der Waals surface area (Å²) in [5.74, 6) is -0.649. The summed E-state index contributed by atoms with van der Waals surface area (Å²) in [5, 5.41) is 0.874. The van der Waals surface area contributed by atoms with E-state index in [0.29, 0.717) is 18.7 Å². The molecule has 6 nitrogen and oxygen atoms in total. The van der Waals surface area contributed by atoms with Crippen molar-refractivity contribution in [1.29, 1.82) is 0 Å². The lowest BCUT2D eigenvalue weighted by atomic mass is 9.97. The maximum atomic E-state index is 12.3. The zero-order valence-corrected chi connectivity index (χ0v) is 15.7. The monoisotopic (exact) mass is 408 g/mol. The Bertz CT molecular complexity index is 802. The number of furan rings is 1. The minimum Gasteiger partial charge on any atom is -0.460 e. The van der Waals surface area contributed by atoms with Gasteiger partial charge in [-0.05, 0) is 44.5 Å². The second-order valence-electron chi connectivity index (χ2n) is 6.25. The van der Waals surface area contributed by atoms with Crippen LogP contribution in [0.25, 0.3) is 11.0 Å². The van der Waals surface area contributed by atoms with Gasteiger partial charge in [-0.1, -0.05) is 15.9 Å². The smallest absolute Gasteiger partial charge is 0.374 e. The van der Waals surface area contributed by atoms with Gasteiger partial charge in [0.2, 0.25) is 11.7 Å². The average molecular weight is 409 g/mol. The van der Waals surface area contributed by atoms with Gasteiger partial charge < -0.3 is 14.9 Å². The van der Waals surface area contributed by atoms with E-state index in [4.69, 9.17) is 14.9 Å². The molecule has 1 aliphatic heterocycles. The second kappa shape index (κ2) is 7.58. The summed E-state index contributed by atoms with van der Waals surface area (Å²) in [5.41, 5.74) is 6.90. The highest BCUT2D eigenvalue weighted by Crippen LogP contribution is 2.31. The number of piperidine rings is 1. The largest absolute Gasteiger partial charge is 0.460 e. The summed E-state index contributed by atoms with van der Waals surface area (Å²) in [6.07, 6.45) is 1.72. The normalized spacial score (nSPS) is 18.4. The van der Waals surface area contributed by atoms with Crippen molar-refractivity contribution in [3.05, 3.63) is 34.0 Å². The zero-order chi connectivity index (χ0) is 18.0. The number of esters is 1. The van der Waals surface area contributed by atoms with Crippen LogP contribution in [0.2, 0.25) is 0 Å². The molecule has 0 saturated carbocycles. The van der Waals surface area contributed by atoms with Crippen molar-refractivity contribution in [3.8, 4) is 0 Å². The van der Waals surface area contributed by atoms with Crippen LogP contribution in [0.15, 0.2) is 27.1 Å². The summed E-state index contributed by atoms with van der Waals surface area (Å²) < 4.78 is 11.8. The molecule has 1 saturated heterocycles. The summed E-state index contributed by atoms with van der Waals surface area (Å²) >= 11 is 3.46. The number of carbonyl (C=O) groups is 2. The first-order chi connectivity index (χ1) is 12.0. The van der Waals surface area contributed by atoms with Crippen molar-refractivity contribution < 1.29 is 18.7 Å². The van der Waals surface area contributed by atoms with Crippen LogP contribution in [0.5, 0.6) is 0 Å². The summed E-state index contributed by atoms with van der Waals surface area (Å²) in [6.45, 7) is 4.01. The first kappa shape index (κ1) is 17.9. The number of likely N-dealkylation sites (tertiary alicyclic amines) is 1. The number of benzene rings is 1. The molecule has 3 rings (SSSR count). The number of ether oxygens (including phenoxy) is 1. The van der Waals surface area contributed by atoms with Gasteiger partial charge in [-0.15, -0.1) is 0 Å². The number of hydrogen-bond donors (Lipinski definition) is 1. The molecular formula is C18H21BrN2O4. The van der Waals surface area contributed by atoms with E-state index in [2.05, 4.69) is 20.8 Å². The van der Waals surface area contributed by atoms with Gasteiger partial charge in [-0.25, -0.2) is 4.79 Å². The van der Waals surface area contributed by atoms with Gasteiger partial charge in [0.15, 0.2) is 0 Å². The molecule has 1 amide bonds. The molecule has 2 aromatic rings. The molecule has 134 valence electrons. The number of fused-ring (bicyclic) bond motifs is 1. The van der Waals surface area contributed by atoms with Crippen LogP contribution in [0.3, 0.4) is 0 Å². The van der Waals surface area contributed by atoms with Gasteiger partial charge >= 0.3 is 5.97 Å². The first-order valence-corrected chi connectivity index (χ1v) is 9.18. The van der Waals surface area contributed by atoms with Crippen LogP contribution in [-0.4, -0.2) is 36.5 Å². The van der Waals surface area contributed by atoms with Gasteiger partial charge in [0.25, 0.3) is 0 Å². The van der Waals surface area contributed by atoms with Gasteiger partial charge in [-0.2, -0.15) is 0 Å². The number of hydrogen-bond acceptors (Lipinski definition) is 5. The van der Waals surface area contributed by atoms with E-state index >= 15 is 0 Å². The van der Waals surface area contributed by atoms with Gasteiger partial charge in [0.05, 0.1) is 12.5 Å². The second-order valence-corrected chi connectivity index (χ2v) is 7.16. The minimum atomic E-state index is -0.465. The molecule has 1 aromatic heterocycles. The highest BCUT2D eigenvalue weighted by Gasteiger charge is 2.28. The predicted molar refractivity (Wildman–Crippen MR) is 97.1 cm³/mol. The molecule has 0 spiro atoms. The Morgan fingerprint density at radius 1 is 1.44 bits per heavy atom. The number of nitrogens with zero attached hydrogens (tertiary/aromatic N) is 1. The average Bonchev–Trinajstić information content (AvgIpc) is 2.93. The van der Waals surface area contributed by atoms with Crippen LogP contribution in [-0.2, 0) is 16.1 Å². The lowest BCUT2D eigenvalue weighted by Gasteiger charge is -2.31. The van der Waals surface area contributed by atoms with E-state index in [9.17, 15) is 9.59 Å². The van der Waals surface area contributed by atoms with E-state index in [1.54, 1.807) is 6.92 Å². The summed E-state index contributed by atoms with van der Waals surface area (Å²) in [4.78, 5) is 26.0. The number of nitrogens with two attached hydrogens (primary N) is 1. The Balaban J connectivity index is 1.95. The predicted octanol–water partition coefficient (Wildman–Crippen LogP) is 3.07. The van der Waals surface area contributed by atoms with Crippen LogP contribution >= 0.6 is 15.9 Å². The van der Waals surface area contributed by atoms with E-state index in [-0.39, 0.29) is 24.2 Å². The third-order valence-electron chi connectivity index (χ3n) is 4.50. The molecule has 0 bridgehead atoms. The lowest BCUT2D eigenvalue weighted by Crippen LogP contribution is -2.40. The van der Waals surface area contributed by atoms with Crippen LogP contribution < -0.4 is 5.73 Å². The van der Waals surface area contributed by atoms with Crippen molar-refractivity contribution in [2.75, 3.05) is 19.7 Å². The standard InChI is InChI=1S/C18H21BrN2O4/c1-2-24-18(23)16-14(13-8-12(19)5-6-15(13)25-16)10-21-7-3-4-11(9-21)17(20)22/h5-6,8,11H,2-4,7,9-10H2,1H3,(H2,20,22)/t11-/m0/s1. The molecule has 1 atom stereocenters. The van der Waals surface area contributed by atoms with Gasteiger partial charge in [0.1, 0.15) is 5.58 Å². The Labute approximate surface area is 154 Å². The number of primary amides is 1. The SMILES string of the molecule is CCOC(=O)c1oc2ccc(Br)cc2c1CN1CCC[C@H](C(N)=O)C1. The Hall–Kier alpha value is -1.86. The lowest BCUT2D eigenvalue weighted by molar-refractivity contribution is -0.123. The Morgan fingerprint density at radius 2 is 2.24 bits per heavy atom.